The highest BCUT2D eigenvalue weighted by Crippen LogP contribution is 2.31. The highest BCUT2D eigenvalue weighted by molar-refractivity contribution is 5.96. The van der Waals surface area contributed by atoms with E-state index in [1.54, 1.807) is 18.2 Å². The van der Waals surface area contributed by atoms with Crippen LogP contribution in [-0.4, -0.2) is 17.5 Å². The average Bonchev–Trinajstić information content (AvgIpc) is 2.43. The lowest BCUT2D eigenvalue weighted by molar-refractivity contribution is 0.101. The summed E-state index contributed by atoms with van der Waals surface area (Å²) in [4.78, 5) is 11.5. The summed E-state index contributed by atoms with van der Waals surface area (Å²) in [5.74, 6) is -0.491. The van der Waals surface area contributed by atoms with E-state index in [0.717, 1.165) is 5.56 Å². The van der Waals surface area contributed by atoms with Gasteiger partial charge in [0, 0.05) is 6.61 Å². The van der Waals surface area contributed by atoms with Crippen molar-refractivity contribution < 1.29 is 19.0 Å². The number of rotatable bonds is 5. The molecule has 0 aliphatic rings. The van der Waals surface area contributed by atoms with Gasteiger partial charge in [0.2, 0.25) is 0 Å². The lowest BCUT2D eigenvalue weighted by atomic mass is 10.1. The molecule has 4 heteroatoms. The second-order valence-corrected chi connectivity index (χ2v) is 4.36. The molecule has 0 aromatic heterocycles. The molecule has 1 N–H and O–H groups in total. The fraction of sp³-hybridized carbons (Fsp3) is 0.188. The van der Waals surface area contributed by atoms with Gasteiger partial charge in [-0.1, -0.05) is 24.3 Å². The molecule has 0 bridgehead atoms. The smallest absolute Gasteiger partial charge is 0.173 e. The van der Waals surface area contributed by atoms with Crippen LogP contribution in [0.15, 0.2) is 42.5 Å². The predicted molar refractivity (Wildman–Crippen MR) is 73.7 cm³/mol. The van der Waals surface area contributed by atoms with Crippen LogP contribution in [0.5, 0.6) is 11.5 Å². The Hall–Kier alpha value is -2.20. The number of aliphatic hydroxyl groups excluding tert-OH is 1. The molecule has 0 unspecified atom stereocenters. The van der Waals surface area contributed by atoms with E-state index in [-0.39, 0.29) is 23.7 Å². The lowest BCUT2D eigenvalue weighted by Gasteiger charge is -2.13. The van der Waals surface area contributed by atoms with Gasteiger partial charge in [-0.15, -0.1) is 0 Å². The molecular formula is C16H15FO3. The summed E-state index contributed by atoms with van der Waals surface area (Å²) in [6, 6.07) is 11.3. The molecule has 0 amide bonds. The molecular weight excluding hydrogens is 259 g/mol. The SMILES string of the molecule is CC(=O)c1cccc(F)c1Oc1ccccc1CCO. The van der Waals surface area contributed by atoms with Crippen LogP contribution in [0.3, 0.4) is 0 Å². The third kappa shape index (κ3) is 3.03. The monoisotopic (exact) mass is 274 g/mol. The van der Waals surface area contributed by atoms with Crippen molar-refractivity contribution in [2.45, 2.75) is 13.3 Å². The highest BCUT2D eigenvalue weighted by atomic mass is 19.1. The van der Waals surface area contributed by atoms with Crippen molar-refractivity contribution in [1.82, 2.24) is 0 Å². The first kappa shape index (κ1) is 14.2. The molecule has 0 aliphatic heterocycles. The fourth-order valence-electron chi connectivity index (χ4n) is 1.93. The number of benzene rings is 2. The van der Waals surface area contributed by atoms with Crippen molar-refractivity contribution in [3.63, 3.8) is 0 Å². The van der Waals surface area contributed by atoms with Crippen LogP contribution in [0, 0.1) is 5.82 Å². The summed E-state index contributed by atoms with van der Waals surface area (Å²) < 4.78 is 19.5. The van der Waals surface area contributed by atoms with E-state index in [4.69, 9.17) is 9.84 Å². The van der Waals surface area contributed by atoms with E-state index in [1.165, 1.54) is 25.1 Å². The zero-order valence-electron chi connectivity index (χ0n) is 11.1. The molecule has 2 rings (SSSR count). The molecule has 2 aromatic rings. The van der Waals surface area contributed by atoms with Gasteiger partial charge in [-0.3, -0.25) is 4.79 Å². The van der Waals surface area contributed by atoms with Crippen LogP contribution < -0.4 is 4.74 Å². The van der Waals surface area contributed by atoms with E-state index in [2.05, 4.69) is 0 Å². The first-order chi connectivity index (χ1) is 9.63. The Labute approximate surface area is 116 Å². The number of para-hydroxylation sites is 2. The van der Waals surface area contributed by atoms with Crippen LogP contribution in [0.2, 0.25) is 0 Å². The topological polar surface area (TPSA) is 46.5 Å². The van der Waals surface area contributed by atoms with E-state index < -0.39 is 5.82 Å². The fourth-order valence-corrected chi connectivity index (χ4v) is 1.93. The molecule has 0 spiro atoms. The molecule has 0 fully saturated rings. The molecule has 0 aliphatic carbocycles. The van der Waals surface area contributed by atoms with Gasteiger partial charge >= 0.3 is 0 Å². The normalized spacial score (nSPS) is 10.3. The Kier molecular flexibility index (Phi) is 4.48. The standard InChI is InChI=1S/C16H15FO3/c1-11(19)13-6-4-7-14(17)16(13)20-15-8-3-2-5-12(15)9-10-18/h2-8,18H,9-10H2,1H3. The van der Waals surface area contributed by atoms with Crippen molar-refractivity contribution in [3.8, 4) is 11.5 Å². The van der Waals surface area contributed by atoms with Gasteiger partial charge in [-0.2, -0.15) is 0 Å². The van der Waals surface area contributed by atoms with Crippen LogP contribution in [0.25, 0.3) is 0 Å². The van der Waals surface area contributed by atoms with Crippen LogP contribution in [0.1, 0.15) is 22.8 Å². The van der Waals surface area contributed by atoms with Gasteiger partial charge in [-0.25, -0.2) is 4.39 Å². The molecule has 0 saturated carbocycles. The Morgan fingerprint density at radius 2 is 1.95 bits per heavy atom. The number of aliphatic hydroxyl groups is 1. The first-order valence-electron chi connectivity index (χ1n) is 6.29. The maximum absolute atomic E-state index is 13.9. The Morgan fingerprint density at radius 1 is 1.20 bits per heavy atom. The number of Topliss-reactive ketones (excluding diaryl/α,β-unsaturated/α-hetero) is 1. The Balaban J connectivity index is 2.42. The van der Waals surface area contributed by atoms with Crippen molar-refractivity contribution in [2.75, 3.05) is 6.61 Å². The van der Waals surface area contributed by atoms with E-state index in [0.29, 0.717) is 12.2 Å². The van der Waals surface area contributed by atoms with Gasteiger partial charge < -0.3 is 9.84 Å². The maximum atomic E-state index is 13.9. The lowest BCUT2D eigenvalue weighted by Crippen LogP contribution is -2.01. The number of hydrogen-bond donors (Lipinski definition) is 1. The predicted octanol–water partition coefficient (Wildman–Crippen LogP) is 3.36. The minimum atomic E-state index is -0.587. The number of ketones is 1. The maximum Gasteiger partial charge on any atom is 0.173 e. The summed E-state index contributed by atoms with van der Waals surface area (Å²) in [6.07, 6.45) is 0.403. The van der Waals surface area contributed by atoms with Crippen molar-refractivity contribution in [3.05, 3.63) is 59.4 Å². The molecule has 0 radical (unpaired) electrons. The van der Waals surface area contributed by atoms with Crippen molar-refractivity contribution >= 4 is 5.78 Å². The van der Waals surface area contributed by atoms with Gasteiger partial charge in [0.25, 0.3) is 0 Å². The van der Waals surface area contributed by atoms with Gasteiger partial charge in [0.1, 0.15) is 5.75 Å². The van der Waals surface area contributed by atoms with Gasteiger partial charge in [0.15, 0.2) is 17.3 Å². The largest absolute Gasteiger partial charge is 0.453 e. The number of carbonyl (C=O) groups is 1. The summed E-state index contributed by atoms with van der Waals surface area (Å²) in [5, 5.41) is 9.02. The van der Waals surface area contributed by atoms with Crippen LogP contribution >= 0.6 is 0 Å². The molecule has 0 saturated heterocycles. The van der Waals surface area contributed by atoms with Gasteiger partial charge in [-0.05, 0) is 37.1 Å². The molecule has 3 nitrogen and oxygen atoms in total. The van der Waals surface area contributed by atoms with Gasteiger partial charge in [0.05, 0.1) is 5.56 Å². The third-order valence-corrected chi connectivity index (χ3v) is 2.91. The van der Waals surface area contributed by atoms with E-state index in [1.807, 2.05) is 6.07 Å². The first-order valence-corrected chi connectivity index (χ1v) is 6.29. The summed E-state index contributed by atoms with van der Waals surface area (Å²) in [5.41, 5.74) is 0.955. The number of carbonyl (C=O) groups excluding carboxylic acids is 1. The summed E-state index contributed by atoms with van der Waals surface area (Å²) in [7, 11) is 0. The third-order valence-electron chi connectivity index (χ3n) is 2.91. The van der Waals surface area contributed by atoms with Crippen molar-refractivity contribution in [2.24, 2.45) is 0 Å². The molecule has 20 heavy (non-hydrogen) atoms. The Bertz CT molecular complexity index is 623. The molecule has 0 heterocycles. The van der Waals surface area contributed by atoms with E-state index in [9.17, 15) is 9.18 Å². The summed E-state index contributed by atoms with van der Waals surface area (Å²) in [6.45, 7) is 1.33. The molecule has 0 atom stereocenters. The molecule has 104 valence electrons. The highest BCUT2D eigenvalue weighted by Gasteiger charge is 2.15. The van der Waals surface area contributed by atoms with Crippen molar-refractivity contribution in [1.29, 1.82) is 0 Å². The zero-order valence-corrected chi connectivity index (χ0v) is 11.1. The quantitative estimate of drug-likeness (QED) is 0.850. The van der Waals surface area contributed by atoms with E-state index >= 15 is 0 Å². The number of ether oxygens (including phenoxy) is 1. The number of hydrogen-bond acceptors (Lipinski definition) is 3. The zero-order chi connectivity index (χ0) is 14.5. The number of halogens is 1. The van der Waals surface area contributed by atoms with Crippen LogP contribution in [0.4, 0.5) is 4.39 Å². The van der Waals surface area contributed by atoms with Crippen LogP contribution in [-0.2, 0) is 6.42 Å². The Morgan fingerprint density at radius 3 is 2.65 bits per heavy atom. The second kappa shape index (κ2) is 6.30. The minimum Gasteiger partial charge on any atom is -0.453 e. The summed E-state index contributed by atoms with van der Waals surface area (Å²) >= 11 is 0. The molecule has 2 aromatic carbocycles. The minimum absolute atomic E-state index is 0.0305. The second-order valence-electron chi connectivity index (χ2n) is 4.36. The average molecular weight is 274 g/mol.